The van der Waals surface area contributed by atoms with Crippen LogP contribution in [-0.2, 0) is 5.41 Å². The van der Waals surface area contributed by atoms with Gasteiger partial charge in [-0.25, -0.2) is 0 Å². The van der Waals surface area contributed by atoms with Gasteiger partial charge in [-0.2, -0.15) is 0 Å². The van der Waals surface area contributed by atoms with E-state index < -0.39 is 5.41 Å². The van der Waals surface area contributed by atoms with Crippen LogP contribution in [0.15, 0.2) is 51.9 Å². The van der Waals surface area contributed by atoms with Gasteiger partial charge in [0.1, 0.15) is 17.7 Å². The minimum atomic E-state index is -0.443. The van der Waals surface area contributed by atoms with Crippen molar-refractivity contribution in [2.24, 2.45) is 5.92 Å². The van der Waals surface area contributed by atoms with Crippen LogP contribution in [0.5, 0.6) is 0 Å². The molecule has 6 nitrogen and oxygen atoms in total. The fourth-order valence-corrected chi connectivity index (χ4v) is 6.43. The number of fused-ring (bicyclic) bond motifs is 1. The molecule has 0 aliphatic heterocycles. The number of amidine groups is 1. The maximum Gasteiger partial charge on any atom is 0.200 e. The zero-order valence-electron chi connectivity index (χ0n) is 22.6. The Balaban J connectivity index is 1.55. The third kappa shape index (κ3) is 4.31. The van der Waals surface area contributed by atoms with Crippen molar-refractivity contribution in [2.45, 2.75) is 76.8 Å². The Morgan fingerprint density at radius 2 is 1.97 bits per heavy atom. The molecule has 2 aliphatic carbocycles. The molecule has 3 N–H and O–H groups in total. The van der Waals surface area contributed by atoms with Gasteiger partial charge in [-0.1, -0.05) is 31.2 Å². The summed E-state index contributed by atoms with van der Waals surface area (Å²) < 4.78 is 6.06. The van der Waals surface area contributed by atoms with Gasteiger partial charge in [0.05, 0.1) is 22.7 Å². The standard InChI is InChI=1S/C31H38N4O2/c1-19-15-31(16-19,29(33)35(5)18-32)24-9-6-8-22(13-24)26-17-37-28-20(2)12-23(14-25(28)27(26)36)21(3)34-30(4)10-7-11-30/h6,8-9,12-14,17-19,21,32-34H,7,10-11,15-16H2,1-5H3/t19-,21?,31+. The Labute approximate surface area is 219 Å². The molecule has 0 bridgehead atoms. The van der Waals surface area contributed by atoms with Gasteiger partial charge in [-0.05, 0) is 93.2 Å². The predicted molar refractivity (Wildman–Crippen MR) is 151 cm³/mol. The second-order valence-electron chi connectivity index (χ2n) is 11.7. The number of benzene rings is 2. The monoisotopic (exact) mass is 498 g/mol. The lowest BCUT2D eigenvalue weighted by Crippen LogP contribution is -2.52. The van der Waals surface area contributed by atoms with E-state index >= 15 is 0 Å². The van der Waals surface area contributed by atoms with Crippen LogP contribution in [0, 0.1) is 23.7 Å². The highest BCUT2D eigenvalue weighted by molar-refractivity contribution is 5.98. The second-order valence-corrected chi connectivity index (χ2v) is 11.7. The summed E-state index contributed by atoms with van der Waals surface area (Å²) in [5, 5.41) is 20.8. The molecule has 3 aromatic rings. The summed E-state index contributed by atoms with van der Waals surface area (Å²) in [6.45, 7) is 8.63. The first-order valence-corrected chi connectivity index (χ1v) is 13.3. The zero-order chi connectivity index (χ0) is 26.5. The van der Waals surface area contributed by atoms with Crippen LogP contribution < -0.4 is 10.7 Å². The molecule has 2 aromatic carbocycles. The van der Waals surface area contributed by atoms with Crippen molar-refractivity contribution in [1.82, 2.24) is 10.2 Å². The highest BCUT2D eigenvalue weighted by atomic mass is 16.3. The molecule has 2 aliphatic rings. The first kappa shape index (κ1) is 25.4. The van der Waals surface area contributed by atoms with Gasteiger partial charge in [0.15, 0.2) is 0 Å². The molecule has 1 unspecified atom stereocenters. The van der Waals surface area contributed by atoms with Crippen molar-refractivity contribution in [2.75, 3.05) is 7.05 Å². The lowest BCUT2D eigenvalue weighted by molar-refractivity contribution is 0.190. The fraction of sp³-hybridized carbons (Fsp3) is 0.452. The Morgan fingerprint density at radius 1 is 1.24 bits per heavy atom. The van der Waals surface area contributed by atoms with E-state index in [1.807, 2.05) is 37.3 Å². The zero-order valence-corrected chi connectivity index (χ0v) is 22.6. The third-order valence-corrected chi connectivity index (χ3v) is 8.72. The molecular formula is C31H38N4O2. The average Bonchev–Trinajstić information content (AvgIpc) is 2.85. The quantitative estimate of drug-likeness (QED) is 0.254. The number of nitrogens with zero attached hydrogens (tertiary/aromatic N) is 1. The van der Waals surface area contributed by atoms with Crippen LogP contribution in [-0.4, -0.2) is 29.7 Å². The topological polar surface area (TPSA) is 93.2 Å². The Hall–Kier alpha value is -3.25. The molecule has 2 fully saturated rings. The van der Waals surface area contributed by atoms with Gasteiger partial charge < -0.3 is 14.6 Å². The van der Waals surface area contributed by atoms with E-state index in [1.54, 1.807) is 18.2 Å². The number of likely N-dealkylation sites (N-methyl/N-ethyl adjacent to an activating group) is 1. The van der Waals surface area contributed by atoms with E-state index in [4.69, 9.17) is 15.2 Å². The molecule has 0 radical (unpaired) electrons. The summed E-state index contributed by atoms with van der Waals surface area (Å²) in [6, 6.07) is 12.2. The number of hydrogen-bond acceptors (Lipinski definition) is 5. The molecule has 0 saturated heterocycles. The van der Waals surface area contributed by atoms with Crippen molar-refractivity contribution in [1.29, 1.82) is 10.8 Å². The van der Waals surface area contributed by atoms with Crippen molar-refractivity contribution in [3.63, 3.8) is 0 Å². The minimum absolute atomic E-state index is 0.0341. The van der Waals surface area contributed by atoms with Crippen LogP contribution in [0.25, 0.3) is 22.1 Å². The molecule has 1 atom stereocenters. The van der Waals surface area contributed by atoms with Gasteiger partial charge in [0.2, 0.25) is 5.43 Å². The normalized spacial score (nSPS) is 23.1. The highest BCUT2D eigenvalue weighted by Crippen LogP contribution is 2.49. The summed E-state index contributed by atoms with van der Waals surface area (Å²) >= 11 is 0. The lowest BCUT2D eigenvalue weighted by atomic mass is 9.58. The first-order valence-electron chi connectivity index (χ1n) is 13.3. The smallest absolute Gasteiger partial charge is 0.200 e. The van der Waals surface area contributed by atoms with Crippen LogP contribution in [0.1, 0.15) is 75.6 Å². The van der Waals surface area contributed by atoms with Crippen molar-refractivity contribution in [3.05, 3.63) is 69.6 Å². The SMILES string of the molecule is Cc1cc(C(C)NC2(C)CCC2)cc2c(=O)c(-c3cccc([C@]4(C(=N)N(C)C=N)C[C@@H](C)C4)c3)coc12. The predicted octanol–water partition coefficient (Wildman–Crippen LogP) is 6.55. The summed E-state index contributed by atoms with van der Waals surface area (Å²) in [5.41, 5.74) is 4.73. The van der Waals surface area contributed by atoms with E-state index in [9.17, 15) is 4.79 Å². The van der Waals surface area contributed by atoms with Crippen molar-refractivity contribution >= 4 is 23.1 Å². The van der Waals surface area contributed by atoms with E-state index in [0.29, 0.717) is 28.3 Å². The number of aryl methyl sites for hydroxylation is 1. The van der Waals surface area contributed by atoms with Crippen LogP contribution in [0.3, 0.4) is 0 Å². The Bertz CT molecular complexity index is 1430. The molecule has 1 aromatic heterocycles. The second kappa shape index (κ2) is 9.25. The summed E-state index contributed by atoms with van der Waals surface area (Å²) in [4.78, 5) is 15.4. The number of hydrogen-bond donors (Lipinski definition) is 3. The summed E-state index contributed by atoms with van der Waals surface area (Å²) in [7, 11) is 1.75. The van der Waals surface area contributed by atoms with Crippen LogP contribution >= 0.6 is 0 Å². The minimum Gasteiger partial charge on any atom is -0.463 e. The highest BCUT2D eigenvalue weighted by Gasteiger charge is 2.48. The molecule has 5 rings (SSSR count). The molecule has 194 valence electrons. The van der Waals surface area contributed by atoms with E-state index in [1.165, 1.54) is 25.6 Å². The first-order chi connectivity index (χ1) is 17.6. The maximum absolute atomic E-state index is 13.8. The van der Waals surface area contributed by atoms with Gasteiger partial charge in [-0.3, -0.25) is 15.6 Å². The third-order valence-electron chi connectivity index (χ3n) is 8.72. The lowest BCUT2D eigenvalue weighted by Gasteiger charge is -2.48. The largest absolute Gasteiger partial charge is 0.463 e. The van der Waals surface area contributed by atoms with Gasteiger partial charge in [-0.15, -0.1) is 0 Å². The Morgan fingerprint density at radius 3 is 2.59 bits per heavy atom. The molecule has 0 amide bonds. The van der Waals surface area contributed by atoms with Crippen LogP contribution in [0.2, 0.25) is 0 Å². The average molecular weight is 499 g/mol. The summed E-state index contributed by atoms with van der Waals surface area (Å²) in [6.07, 6.45) is 8.10. The van der Waals surface area contributed by atoms with Gasteiger partial charge >= 0.3 is 0 Å². The van der Waals surface area contributed by atoms with Crippen LogP contribution in [0.4, 0.5) is 0 Å². The fourth-order valence-electron chi connectivity index (χ4n) is 6.43. The molecule has 37 heavy (non-hydrogen) atoms. The molecule has 1 heterocycles. The van der Waals surface area contributed by atoms with E-state index in [0.717, 1.165) is 35.1 Å². The molecular weight excluding hydrogens is 460 g/mol. The Kier molecular flexibility index (Phi) is 6.35. The van der Waals surface area contributed by atoms with Crippen molar-refractivity contribution < 1.29 is 4.42 Å². The van der Waals surface area contributed by atoms with Gasteiger partial charge in [0, 0.05) is 18.6 Å². The molecule has 2 saturated carbocycles. The number of nitrogens with one attached hydrogen (secondary N) is 3. The summed E-state index contributed by atoms with van der Waals surface area (Å²) in [5.74, 6) is 0.929. The van der Waals surface area contributed by atoms with E-state index in [-0.39, 0.29) is 17.0 Å². The van der Waals surface area contributed by atoms with Gasteiger partial charge in [0.25, 0.3) is 0 Å². The van der Waals surface area contributed by atoms with Crippen molar-refractivity contribution in [3.8, 4) is 11.1 Å². The van der Waals surface area contributed by atoms with E-state index in [2.05, 4.69) is 32.2 Å². The maximum atomic E-state index is 13.8. The number of rotatable bonds is 7. The molecule has 6 heteroatoms. The molecule has 0 spiro atoms.